The molecule has 3 nitrogen and oxygen atoms in total. The summed E-state index contributed by atoms with van der Waals surface area (Å²) in [5.41, 5.74) is 7.02. The van der Waals surface area contributed by atoms with E-state index in [1.807, 2.05) is 31.2 Å². The molecule has 3 unspecified atom stereocenters. The Kier molecular flexibility index (Phi) is 4.83. The van der Waals surface area contributed by atoms with E-state index in [0.717, 1.165) is 30.7 Å². The van der Waals surface area contributed by atoms with Gasteiger partial charge < -0.3 is 11.1 Å². The van der Waals surface area contributed by atoms with Crippen molar-refractivity contribution < 1.29 is 4.79 Å². The minimum Gasteiger partial charge on any atom is -0.353 e. The van der Waals surface area contributed by atoms with Gasteiger partial charge in [0, 0.05) is 23.0 Å². The molecule has 19 heavy (non-hydrogen) atoms. The first kappa shape index (κ1) is 14.4. The van der Waals surface area contributed by atoms with Gasteiger partial charge in [-0.1, -0.05) is 23.7 Å². The predicted octanol–water partition coefficient (Wildman–Crippen LogP) is 2.51. The van der Waals surface area contributed by atoms with Crippen LogP contribution < -0.4 is 11.1 Å². The highest BCUT2D eigenvalue weighted by Gasteiger charge is 2.28. The normalized spacial score (nSPS) is 24.2. The van der Waals surface area contributed by atoms with Gasteiger partial charge in [-0.05, 0) is 50.3 Å². The van der Waals surface area contributed by atoms with Gasteiger partial charge in [0.15, 0.2) is 0 Å². The molecule has 1 aliphatic rings. The third-order valence-corrected chi connectivity index (χ3v) is 3.94. The smallest absolute Gasteiger partial charge is 0.223 e. The summed E-state index contributed by atoms with van der Waals surface area (Å²) in [5, 5.41) is 3.81. The van der Waals surface area contributed by atoms with Crippen LogP contribution in [-0.2, 0) is 11.2 Å². The van der Waals surface area contributed by atoms with Gasteiger partial charge in [-0.3, -0.25) is 4.79 Å². The van der Waals surface area contributed by atoms with Crippen molar-refractivity contribution in [1.29, 1.82) is 0 Å². The van der Waals surface area contributed by atoms with Crippen LogP contribution in [0.25, 0.3) is 0 Å². The number of nitrogens with one attached hydrogen (secondary N) is 1. The van der Waals surface area contributed by atoms with Gasteiger partial charge >= 0.3 is 0 Å². The molecule has 0 heterocycles. The second kappa shape index (κ2) is 6.40. The van der Waals surface area contributed by atoms with Crippen LogP contribution in [-0.4, -0.2) is 18.0 Å². The first-order valence-corrected chi connectivity index (χ1v) is 7.23. The highest BCUT2D eigenvalue weighted by Crippen LogP contribution is 2.24. The number of carbonyl (C=O) groups excluding carboxylic acids is 1. The van der Waals surface area contributed by atoms with Gasteiger partial charge in [0.2, 0.25) is 5.91 Å². The number of carbonyl (C=O) groups is 1. The maximum atomic E-state index is 12.1. The lowest BCUT2D eigenvalue weighted by Crippen LogP contribution is -2.38. The minimum absolute atomic E-state index is 0.0997. The van der Waals surface area contributed by atoms with Crippen molar-refractivity contribution in [2.75, 3.05) is 0 Å². The molecule has 0 spiro atoms. The minimum atomic E-state index is 0.0997. The van der Waals surface area contributed by atoms with Crippen molar-refractivity contribution >= 4 is 17.5 Å². The molecule has 3 N–H and O–H groups in total. The van der Waals surface area contributed by atoms with Crippen LogP contribution in [0.3, 0.4) is 0 Å². The summed E-state index contributed by atoms with van der Waals surface area (Å²) >= 11 is 5.85. The van der Waals surface area contributed by atoms with Crippen LogP contribution in [0, 0.1) is 5.92 Å². The van der Waals surface area contributed by atoms with Gasteiger partial charge in [-0.15, -0.1) is 0 Å². The molecule has 3 atom stereocenters. The Morgan fingerprint density at radius 1 is 1.42 bits per heavy atom. The molecule has 1 aliphatic carbocycles. The van der Waals surface area contributed by atoms with Gasteiger partial charge in [0.1, 0.15) is 0 Å². The predicted molar refractivity (Wildman–Crippen MR) is 78.1 cm³/mol. The van der Waals surface area contributed by atoms with Crippen LogP contribution in [0.15, 0.2) is 24.3 Å². The van der Waals surface area contributed by atoms with E-state index in [1.54, 1.807) is 0 Å². The summed E-state index contributed by atoms with van der Waals surface area (Å²) in [6.45, 7) is 2.03. The summed E-state index contributed by atoms with van der Waals surface area (Å²) in [7, 11) is 0. The van der Waals surface area contributed by atoms with Gasteiger partial charge in [0.25, 0.3) is 0 Å². The first-order valence-electron chi connectivity index (χ1n) is 6.85. The zero-order valence-electron chi connectivity index (χ0n) is 11.2. The Balaban J connectivity index is 1.82. The Morgan fingerprint density at radius 3 is 2.68 bits per heavy atom. The number of halogens is 1. The third-order valence-electron chi connectivity index (χ3n) is 3.69. The van der Waals surface area contributed by atoms with E-state index in [-0.39, 0.29) is 23.9 Å². The summed E-state index contributed by atoms with van der Waals surface area (Å²) in [5.74, 6) is 0.247. The molecular weight excluding hydrogens is 260 g/mol. The van der Waals surface area contributed by atoms with Crippen molar-refractivity contribution in [1.82, 2.24) is 5.32 Å². The molecule has 0 radical (unpaired) electrons. The molecule has 1 aromatic carbocycles. The quantitative estimate of drug-likeness (QED) is 0.890. The van der Waals surface area contributed by atoms with Crippen molar-refractivity contribution in [2.24, 2.45) is 11.7 Å². The average Bonchev–Trinajstić information content (AvgIpc) is 2.79. The molecule has 1 aromatic rings. The molecule has 4 heteroatoms. The van der Waals surface area contributed by atoms with Crippen LogP contribution in [0.4, 0.5) is 0 Å². The monoisotopic (exact) mass is 280 g/mol. The van der Waals surface area contributed by atoms with Crippen LogP contribution in [0.2, 0.25) is 5.02 Å². The lowest BCUT2D eigenvalue weighted by Gasteiger charge is -2.17. The van der Waals surface area contributed by atoms with E-state index in [4.69, 9.17) is 17.3 Å². The molecule has 0 aromatic heterocycles. The van der Waals surface area contributed by atoms with Crippen molar-refractivity contribution in [3.8, 4) is 0 Å². The number of nitrogens with two attached hydrogens (primary N) is 1. The number of hydrogen-bond acceptors (Lipinski definition) is 2. The highest BCUT2D eigenvalue weighted by atomic mass is 35.5. The van der Waals surface area contributed by atoms with Crippen LogP contribution >= 0.6 is 11.6 Å². The fourth-order valence-electron chi connectivity index (χ4n) is 2.64. The molecule has 2 rings (SSSR count). The number of amides is 1. The largest absolute Gasteiger partial charge is 0.353 e. The van der Waals surface area contributed by atoms with E-state index in [0.29, 0.717) is 0 Å². The van der Waals surface area contributed by atoms with E-state index >= 15 is 0 Å². The molecule has 0 aliphatic heterocycles. The summed E-state index contributed by atoms with van der Waals surface area (Å²) in [4.78, 5) is 12.1. The molecular formula is C15H21ClN2O. The van der Waals surface area contributed by atoms with Crippen LogP contribution in [0.5, 0.6) is 0 Å². The maximum Gasteiger partial charge on any atom is 0.223 e. The topological polar surface area (TPSA) is 55.1 Å². The summed E-state index contributed by atoms with van der Waals surface area (Å²) in [6, 6.07) is 8.07. The highest BCUT2D eigenvalue weighted by molar-refractivity contribution is 6.30. The third kappa shape index (κ3) is 4.22. The van der Waals surface area contributed by atoms with E-state index < -0.39 is 0 Å². The lowest BCUT2D eigenvalue weighted by atomic mass is 10.0. The second-order valence-electron chi connectivity index (χ2n) is 5.51. The average molecular weight is 281 g/mol. The zero-order valence-corrected chi connectivity index (χ0v) is 12.0. The maximum absolute atomic E-state index is 12.1. The zero-order chi connectivity index (χ0) is 13.8. The fourth-order valence-corrected chi connectivity index (χ4v) is 2.77. The number of hydrogen-bond donors (Lipinski definition) is 2. The molecule has 104 valence electrons. The Morgan fingerprint density at radius 2 is 2.11 bits per heavy atom. The van der Waals surface area contributed by atoms with Gasteiger partial charge in [-0.25, -0.2) is 0 Å². The molecule has 1 saturated carbocycles. The van der Waals surface area contributed by atoms with E-state index in [1.165, 1.54) is 5.56 Å². The Bertz CT molecular complexity index is 432. The standard InChI is InChI=1S/C15H21ClN2O/c1-10(8-11-2-5-13(16)6-3-11)18-15(19)12-4-7-14(17)9-12/h2-3,5-6,10,12,14H,4,7-9,17H2,1H3,(H,18,19). The Hall–Kier alpha value is -1.06. The van der Waals surface area contributed by atoms with Gasteiger partial charge in [0.05, 0.1) is 0 Å². The first-order chi connectivity index (χ1) is 9.04. The summed E-state index contributed by atoms with van der Waals surface area (Å²) < 4.78 is 0. The molecule has 1 fully saturated rings. The van der Waals surface area contributed by atoms with Crippen LogP contribution in [0.1, 0.15) is 31.7 Å². The van der Waals surface area contributed by atoms with Gasteiger partial charge in [-0.2, -0.15) is 0 Å². The van der Waals surface area contributed by atoms with Crippen molar-refractivity contribution in [3.05, 3.63) is 34.9 Å². The Labute approximate surface area is 119 Å². The number of rotatable bonds is 4. The summed E-state index contributed by atoms with van der Waals surface area (Å²) in [6.07, 6.45) is 3.52. The SMILES string of the molecule is CC(Cc1ccc(Cl)cc1)NC(=O)C1CCC(N)C1. The molecule has 0 saturated heterocycles. The van der Waals surface area contributed by atoms with Crippen molar-refractivity contribution in [3.63, 3.8) is 0 Å². The number of benzene rings is 1. The fraction of sp³-hybridized carbons (Fsp3) is 0.533. The molecule has 0 bridgehead atoms. The van der Waals surface area contributed by atoms with E-state index in [9.17, 15) is 4.79 Å². The molecule has 1 amide bonds. The van der Waals surface area contributed by atoms with Crippen molar-refractivity contribution in [2.45, 2.75) is 44.7 Å². The van der Waals surface area contributed by atoms with E-state index in [2.05, 4.69) is 5.32 Å². The second-order valence-corrected chi connectivity index (χ2v) is 5.95. The lowest BCUT2D eigenvalue weighted by molar-refractivity contribution is -0.125.